The molecule has 0 atom stereocenters. The molecule has 9 heteroatoms. The van der Waals surface area contributed by atoms with Crippen molar-refractivity contribution in [1.29, 1.82) is 0 Å². The zero-order valence-electron chi connectivity index (χ0n) is 15.8. The number of rotatable bonds is 6. The van der Waals surface area contributed by atoms with E-state index in [1.807, 2.05) is 19.1 Å². The minimum Gasteiger partial charge on any atom is -0.478 e. The topological polar surface area (TPSA) is 122 Å². The highest BCUT2D eigenvalue weighted by molar-refractivity contribution is 7.87. The lowest BCUT2D eigenvalue weighted by Crippen LogP contribution is -2.20. The first-order valence-electron chi connectivity index (χ1n) is 8.76. The molecule has 0 heterocycles. The minimum atomic E-state index is -4.26. The van der Waals surface area contributed by atoms with E-state index in [1.54, 1.807) is 18.2 Å². The normalized spacial score (nSPS) is 10.8. The first-order valence-corrected chi connectivity index (χ1v) is 10.2. The fraction of sp³-hybridized carbons (Fsp3) is 0.0476. The summed E-state index contributed by atoms with van der Waals surface area (Å²) in [5.74, 6) is -1.79. The second kappa shape index (κ2) is 8.66. The summed E-state index contributed by atoms with van der Waals surface area (Å²) in [6.45, 7) is 1.92. The van der Waals surface area contributed by atoms with Gasteiger partial charge in [0.1, 0.15) is 10.5 Å². The number of aromatic carboxylic acids is 1. The molecule has 154 valence electrons. The molecule has 0 saturated heterocycles. The monoisotopic (exact) mass is 426 g/mol. The predicted molar refractivity (Wildman–Crippen MR) is 111 cm³/mol. The molecular weight excluding hydrogens is 408 g/mol. The van der Waals surface area contributed by atoms with E-state index in [4.69, 9.17) is 4.18 Å². The summed E-state index contributed by atoms with van der Waals surface area (Å²) < 4.78 is 30.0. The quantitative estimate of drug-likeness (QED) is 0.510. The average Bonchev–Trinajstić information content (AvgIpc) is 2.70. The van der Waals surface area contributed by atoms with Crippen LogP contribution in [0.3, 0.4) is 0 Å². The van der Waals surface area contributed by atoms with Crippen molar-refractivity contribution in [3.05, 3.63) is 83.9 Å². The van der Waals surface area contributed by atoms with Gasteiger partial charge in [-0.25, -0.2) is 9.59 Å². The number of benzene rings is 3. The molecule has 0 aliphatic heterocycles. The summed E-state index contributed by atoms with van der Waals surface area (Å²) in [5.41, 5.74) is 1.39. The fourth-order valence-corrected chi connectivity index (χ4v) is 3.49. The summed E-state index contributed by atoms with van der Waals surface area (Å²) in [7, 11) is -4.26. The molecule has 0 fully saturated rings. The van der Waals surface area contributed by atoms with Crippen LogP contribution in [0.15, 0.2) is 77.7 Å². The first-order chi connectivity index (χ1) is 14.2. The molecular formula is C21H18N2O6S. The van der Waals surface area contributed by atoms with Crippen molar-refractivity contribution < 1.29 is 27.3 Å². The molecule has 0 unspecified atom stereocenters. The number of carbonyl (C=O) groups excluding carboxylic acids is 1. The third-order valence-electron chi connectivity index (χ3n) is 4.01. The maximum absolute atomic E-state index is 12.5. The molecule has 2 amide bonds. The molecule has 3 aromatic carbocycles. The van der Waals surface area contributed by atoms with Gasteiger partial charge in [-0.05, 0) is 43.3 Å². The smallest absolute Gasteiger partial charge is 0.339 e. The number of urea groups is 1. The van der Waals surface area contributed by atoms with E-state index in [1.165, 1.54) is 30.3 Å². The van der Waals surface area contributed by atoms with Gasteiger partial charge in [-0.15, -0.1) is 0 Å². The number of carboxylic acid groups (broad SMARTS) is 1. The Morgan fingerprint density at radius 3 is 2.10 bits per heavy atom. The van der Waals surface area contributed by atoms with Crippen molar-refractivity contribution in [3.63, 3.8) is 0 Å². The molecule has 0 radical (unpaired) electrons. The van der Waals surface area contributed by atoms with Gasteiger partial charge in [0.25, 0.3) is 0 Å². The summed E-state index contributed by atoms with van der Waals surface area (Å²) in [4.78, 5) is 23.5. The van der Waals surface area contributed by atoms with Gasteiger partial charge in [0.2, 0.25) is 0 Å². The number of carbonyl (C=O) groups is 2. The molecule has 0 aliphatic rings. The number of hydrogen-bond acceptors (Lipinski definition) is 5. The van der Waals surface area contributed by atoms with Crippen molar-refractivity contribution in [3.8, 4) is 5.75 Å². The largest absolute Gasteiger partial charge is 0.478 e. The van der Waals surface area contributed by atoms with E-state index in [2.05, 4.69) is 10.6 Å². The third-order valence-corrected chi connectivity index (χ3v) is 5.26. The Hall–Kier alpha value is -3.85. The van der Waals surface area contributed by atoms with Crippen molar-refractivity contribution in [2.24, 2.45) is 0 Å². The number of nitrogens with one attached hydrogen (secondary N) is 2. The van der Waals surface area contributed by atoms with Gasteiger partial charge >= 0.3 is 22.1 Å². The molecule has 0 spiro atoms. The lowest BCUT2D eigenvalue weighted by Gasteiger charge is -2.12. The SMILES string of the molecule is Cc1ccc(NC(=O)Nc2ccc(C(=O)O)c(OS(=O)(=O)c3ccccc3)c2)cc1. The Balaban J connectivity index is 1.83. The third kappa shape index (κ3) is 5.15. The summed E-state index contributed by atoms with van der Waals surface area (Å²) in [6.07, 6.45) is 0. The van der Waals surface area contributed by atoms with Crippen LogP contribution in [0.25, 0.3) is 0 Å². The second-order valence-corrected chi connectivity index (χ2v) is 7.86. The van der Waals surface area contributed by atoms with E-state index in [-0.39, 0.29) is 16.1 Å². The number of aryl methyl sites for hydroxylation is 1. The highest BCUT2D eigenvalue weighted by Crippen LogP contribution is 2.27. The van der Waals surface area contributed by atoms with Crippen LogP contribution < -0.4 is 14.8 Å². The van der Waals surface area contributed by atoms with Crippen LogP contribution in [0.4, 0.5) is 16.2 Å². The van der Waals surface area contributed by atoms with E-state index < -0.39 is 27.9 Å². The molecule has 8 nitrogen and oxygen atoms in total. The van der Waals surface area contributed by atoms with Crippen molar-refractivity contribution in [2.45, 2.75) is 11.8 Å². The van der Waals surface area contributed by atoms with Crippen molar-refractivity contribution in [1.82, 2.24) is 0 Å². The van der Waals surface area contributed by atoms with Gasteiger partial charge in [-0.1, -0.05) is 35.9 Å². The summed E-state index contributed by atoms with van der Waals surface area (Å²) in [6, 6.07) is 17.5. The number of amides is 2. The standard InChI is InChI=1S/C21H18N2O6S/c1-14-7-9-15(10-8-14)22-21(26)23-16-11-12-18(20(24)25)19(13-16)29-30(27,28)17-5-3-2-4-6-17/h2-13H,1H3,(H,24,25)(H2,22,23,26). The Morgan fingerprint density at radius 1 is 0.867 bits per heavy atom. The summed E-state index contributed by atoms with van der Waals surface area (Å²) in [5, 5.41) is 14.5. The maximum Gasteiger partial charge on any atom is 0.339 e. The molecule has 0 bridgehead atoms. The highest BCUT2D eigenvalue weighted by atomic mass is 32.2. The van der Waals surface area contributed by atoms with Crippen LogP contribution in [0.2, 0.25) is 0 Å². The predicted octanol–water partition coefficient (Wildman–Crippen LogP) is 4.10. The van der Waals surface area contributed by atoms with Crippen molar-refractivity contribution in [2.75, 3.05) is 10.6 Å². The number of anilines is 2. The van der Waals surface area contributed by atoms with Crippen LogP contribution >= 0.6 is 0 Å². The molecule has 3 N–H and O–H groups in total. The maximum atomic E-state index is 12.5. The summed E-state index contributed by atoms with van der Waals surface area (Å²) >= 11 is 0. The molecule has 3 rings (SSSR count). The number of hydrogen-bond donors (Lipinski definition) is 3. The van der Waals surface area contributed by atoms with Crippen LogP contribution in [0.5, 0.6) is 5.75 Å². The second-order valence-electron chi connectivity index (χ2n) is 6.31. The van der Waals surface area contributed by atoms with Gasteiger partial charge in [0.05, 0.1) is 0 Å². The zero-order valence-corrected chi connectivity index (χ0v) is 16.6. The fourth-order valence-electron chi connectivity index (χ4n) is 2.53. The molecule has 0 aliphatic carbocycles. The van der Waals surface area contributed by atoms with E-state index in [0.29, 0.717) is 5.69 Å². The van der Waals surface area contributed by atoms with Crippen LogP contribution in [-0.4, -0.2) is 25.5 Å². The minimum absolute atomic E-state index is 0.128. The molecule has 0 saturated carbocycles. The first kappa shape index (κ1) is 20.9. The lowest BCUT2D eigenvalue weighted by molar-refractivity contribution is 0.0695. The van der Waals surface area contributed by atoms with Crippen LogP contribution in [0, 0.1) is 6.92 Å². The van der Waals surface area contributed by atoms with Crippen molar-refractivity contribution >= 4 is 33.5 Å². The van der Waals surface area contributed by atoms with Gasteiger partial charge < -0.3 is 19.9 Å². The van der Waals surface area contributed by atoms with E-state index in [0.717, 1.165) is 17.7 Å². The van der Waals surface area contributed by atoms with E-state index in [9.17, 15) is 23.1 Å². The van der Waals surface area contributed by atoms with Gasteiger partial charge in [-0.3, -0.25) is 0 Å². The highest BCUT2D eigenvalue weighted by Gasteiger charge is 2.21. The Morgan fingerprint density at radius 2 is 1.47 bits per heavy atom. The molecule has 0 aromatic heterocycles. The van der Waals surface area contributed by atoms with E-state index >= 15 is 0 Å². The molecule has 3 aromatic rings. The Labute approximate surface area is 173 Å². The lowest BCUT2D eigenvalue weighted by atomic mass is 10.2. The molecule has 30 heavy (non-hydrogen) atoms. The average molecular weight is 426 g/mol. The van der Waals surface area contributed by atoms with Crippen LogP contribution in [0.1, 0.15) is 15.9 Å². The zero-order chi connectivity index (χ0) is 21.7. The number of carboxylic acids is 1. The van der Waals surface area contributed by atoms with Gasteiger partial charge in [0, 0.05) is 17.4 Å². The van der Waals surface area contributed by atoms with Crippen LogP contribution in [-0.2, 0) is 10.1 Å². The Kier molecular flexibility index (Phi) is 6.03. The van der Waals surface area contributed by atoms with Gasteiger partial charge in [0.15, 0.2) is 5.75 Å². The Bertz CT molecular complexity index is 1180. The van der Waals surface area contributed by atoms with Gasteiger partial charge in [-0.2, -0.15) is 8.42 Å².